The van der Waals surface area contributed by atoms with Gasteiger partial charge in [-0.3, -0.25) is 14.7 Å². The molecule has 2 aromatic heterocycles. The second kappa shape index (κ2) is 11.3. The van der Waals surface area contributed by atoms with Crippen molar-refractivity contribution in [3.8, 4) is 0 Å². The number of aliphatic hydroxyl groups is 1. The van der Waals surface area contributed by atoms with Gasteiger partial charge in [0, 0.05) is 50.9 Å². The van der Waals surface area contributed by atoms with Gasteiger partial charge in [-0.2, -0.15) is 0 Å². The maximum absolute atomic E-state index is 12.9. The first-order valence-corrected chi connectivity index (χ1v) is 10.9. The van der Waals surface area contributed by atoms with Crippen molar-refractivity contribution in [2.75, 3.05) is 26.7 Å². The molecule has 0 aromatic carbocycles. The number of ether oxygens (including phenoxy) is 1. The van der Waals surface area contributed by atoms with E-state index < -0.39 is 0 Å². The predicted molar refractivity (Wildman–Crippen MR) is 116 cm³/mol. The van der Waals surface area contributed by atoms with Crippen LogP contribution in [0.1, 0.15) is 37.9 Å². The van der Waals surface area contributed by atoms with E-state index in [1.54, 1.807) is 23.5 Å². The number of carbonyl (C=O) groups excluding carboxylic acids is 1. The minimum atomic E-state index is -0.227. The van der Waals surface area contributed by atoms with Crippen molar-refractivity contribution in [3.05, 3.63) is 42.0 Å². The highest BCUT2D eigenvalue weighted by molar-refractivity contribution is 5.76. The van der Waals surface area contributed by atoms with Gasteiger partial charge in [0.1, 0.15) is 0 Å². The third-order valence-electron chi connectivity index (χ3n) is 5.83. The van der Waals surface area contributed by atoms with Gasteiger partial charge in [-0.15, -0.1) is 5.10 Å². The average Bonchev–Trinajstić information content (AvgIpc) is 3.21. The molecule has 1 N–H and O–H groups in total. The fraction of sp³-hybridized carbons (Fsp3) is 0.636. The van der Waals surface area contributed by atoms with Crippen molar-refractivity contribution in [1.82, 2.24) is 29.8 Å². The van der Waals surface area contributed by atoms with E-state index >= 15 is 0 Å². The second-order valence-corrected chi connectivity index (χ2v) is 8.51. The maximum Gasteiger partial charge on any atom is 0.222 e. The third kappa shape index (κ3) is 6.56. The number of hydrogen-bond donors (Lipinski definition) is 1. The van der Waals surface area contributed by atoms with Crippen LogP contribution in [0, 0.1) is 5.92 Å². The van der Waals surface area contributed by atoms with Crippen molar-refractivity contribution in [3.63, 3.8) is 0 Å². The van der Waals surface area contributed by atoms with Crippen LogP contribution in [0.2, 0.25) is 0 Å². The lowest BCUT2D eigenvalue weighted by molar-refractivity contribution is -0.136. The maximum atomic E-state index is 12.9. The number of hydrogen-bond acceptors (Lipinski definition) is 7. The van der Waals surface area contributed by atoms with Gasteiger partial charge >= 0.3 is 0 Å². The Morgan fingerprint density at radius 1 is 1.35 bits per heavy atom. The molecule has 1 aliphatic rings. The highest BCUT2D eigenvalue weighted by Crippen LogP contribution is 2.18. The van der Waals surface area contributed by atoms with E-state index in [9.17, 15) is 9.90 Å². The largest absolute Gasteiger partial charge is 0.394 e. The first-order chi connectivity index (χ1) is 15.0. The SMILES string of the molecule is C[C@@H]1CN([C@@H](C)CO)C(=O)CCCn2nncc2CO[C@H]1CN(C)Cc1ccncc1. The monoisotopic (exact) mass is 430 g/mol. The summed E-state index contributed by atoms with van der Waals surface area (Å²) < 4.78 is 8.18. The number of likely N-dealkylation sites (N-methyl/N-ethyl adjacent to an activating group) is 1. The molecule has 0 saturated heterocycles. The summed E-state index contributed by atoms with van der Waals surface area (Å²) in [6.07, 6.45) is 6.32. The molecule has 0 fully saturated rings. The summed E-state index contributed by atoms with van der Waals surface area (Å²) in [7, 11) is 2.07. The van der Waals surface area contributed by atoms with Gasteiger partial charge in [-0.05, 0) is 38.1 Å². The molecule has 31 heavy (non-hydrogen) atoms. The molecule has 0 radical (unpaired) electrons. The molecule has 0 spiro atoms. The van der Waals surface area contributed by atoms with Gasteiger partial charge in [0.25, 0.3) is 0 Å². The summed E-state index contributed by atoms with van der Waals surface area (Å²) in [4.78, 5) is 21.0. The zero-order valence-electron chi connectivity index (χ0n) is 18.7. The Balaban J connectivity index is 1.77. The van der Waals surface area contributed by atoms with E-state index in [2.05, 4.69) is 34.2 Å². The van der Waals surface area contributed by atoms with Crippen molar-refractivity contribution >= 4 is 5.91 Å². The number of fused-ring (bicyclic) bond motifs is 1. The second-order valence-electron chi connectivity index (χ2n) is 8.51. The Morgan fingerprint density at radius 3 is 2.87 bits per heavy atom. The number of aromatic nitrogens is 4. The van der Waals surface area contributed by atoms with Crippen LogP contribution >= 0.6 is 0 Å². The number of nitrogens with zero attached hydrogens (tertiary/aromatic N) is 6. The molecule has 9 nitrogen and oxygen atoms in total. The molecule has 9 heteroatoms. The van der Waals surface area contributed by atoms with Crippen LogP contribution in [0.15, 0.2) is 30.7 Å². The van der Waals surface area contributed by atoms with Crippen molar-refractivity contribution in [2.24, 2.45) is 5.92 Å². The predicted octanol–water partition coefficient (Wildman–Crippen LogP) is 1.33. The van der Waals surface area contributed by atoms with Crippen LogP contribution in [0.25, 0.3) is 0 Å². The van der Waals surface area contributed by atoms with Gasteiger partial charge in [-0.25, -0.2) is 4.68 Å². The Morgan fingerprint density at radius 2 is 2.13 bits per heavy atom. The molecular weight excluding hydrogens is 396 g/mol. The van der Waals surface area contributed by atoms with Crippen molar-refractivity contribution < 1.29 is 14.6 Å². The Labute approximate surface area is 184 Å². The van der Waals surface area contributed by atoms with Gasteiger partial charge < -0.3 is 14.7 Å². The summed E-state index contributed by atoms with van der Waals surface area (Å²) in [5, 5.41) is 17.9. The molecule has 1 aliphatic heterocycles. The minimum absolute atomic E-state index is 0.0551. The first kappa shape index (κ1) is 23.3. The molecule has 0 bridgehead atoms. The highest BCUT2D eigenvalue weighted by Gasteiger charge is 2.28. The van der Waals surface area contributed by atoms with E-state index in [0.29, 0.717) is 39.1 Å². The molecule has 0 unspecified atom stereocenters. The highest BCUT2D eigenvalue weighted by atomic mass is 16.5. The van der Waals surface area contributed by atoms with E-state index in [4.69, 9.17) is 4.74 Å². The lowest BCUT2D eigenvalue weighted by Crippen LogP contribution is -2.47. The molecule has 170 valence electrons. The number of carbonyl (C=O) groups is 1. The fourth-order valence-corrected chi connectivity index (χ4v) is 3.92. The normalized spacial score (nSPS) is 22.0. The smallest absolute Gasteiger partial charge is 0.222 e. The van der Waals surface area contributed by atoms with E-state index in [1.165, 1.54) is 5.56 Å². The van der Waals surface area contributed by atoms with Crippen molar-refractivity contribution in [2.45, 2.75) is 58.5 Å². The van der Waals surface area contributed by atoms with Crippen LogP contribution in [0.3, 0.4) is 0 Å². The lowest BCUT2D eigenvalue weighted by atomic mass is 10.0. The molecule has 3 atom stereocenters. The summed E-state index contributed by atoms with van der Waals surface area (Å²) in [5.74, 6) is 0.140. The molecule has 1 amide bonds. The standard InChI is InChI=1S/C22H34N6O3/c1-17-12-27(18(2)15-29)22(30)5-4-10-28-20(11-24-25-28)16-31-21(17)14-26(3)13-19-6-8-23-9-7-19/h6-9,11,17-18,21,29H,4-5,10,12-16H2,1-3H3/t17-,18+,21+/m1/s1. The quantitative estimate of drug-likeness (QED) is 0.738. The zero-order chi connectivity index (χ0) is 22.2. The lowest BCUT2D eigenvalue weighted by Gasteiger charge is -2.35. The molecule has 0 aliphatic carbocycles. The Bertz CT molecular complexity index is 815. The molecule has 2 aromatic rings. The van der Waals surface area contributed by atoms with Gasteiger partial charge in [-0.1, -0.05) is 12.1 Å². The molecular formula is C22H34N6O3. The third-order valence-corrected chi connectivity index (χ3v) is 5.83. The van der Waals surface area contributed by atoms with Crippen molar-refractivity contribution in [1.29, 1.82) is 0 Å². The topological polar surface area (TPSA) is 96.6 Å². The number of rotatable bonds is 6. The molecule has 3 rings (SSSR count). The van der Waals surface area contributed by atoms with Gasteiger partial charge in [0.05, 0.1) is 37.3 Å². The van der Waals surface area contributed by atoms with E-state index in [0.717, 1.165) is 12.2 Å². The summed E-state index contributed by atoms with van der Waals surface area (Å²) in [6, 6.07) is 3.79. The first-order valence-electron chi connectivity index (χ1n) is 10.9. The zero-order valence-corrected chi connectivity index (χ0v) is 18.7. The van der Waals surface area contributed by atoms with Crippen LogP contribution < -0.4 is 0 Å². The number of aliphatic hydroxyl groups excluding tert-OH is 1. The van der Waals surface area contributed by atoms with E-state index in [-0.39, 0.29) is 30.6 Å². The summed E-state index contributed by atoms with van der Waals surface area (Å²) in [6.45, 7) is 7.02. The van der Waals surface area contributed by atoms with Gasteiger partial charge in [0.15, 0.2) is 0 Å². The van der Waals surface area contributed by atoms with E-state index in [1.807, 2.05) is 23.7 Å². The fourth-order valence-electron chi connectivity index (χ4n) is 3.92. The number of amides is 1. The van der Waals surface area contributed by atoms with Crippen LogP contribution in [0.5, 0.6) is 0 Å². The van der Waals surface area contributed by atoms with Crippen LogP contribution in [-0.2, 0) is 29.2 Å². The van der Waals surface area contributed by atoms with Crippen LogP contribution in [-0.4, -0.2) is 79.7 Å². The average molecular weight is 431 g/mol. The Kier molecular flexibility index (Phi) is 8.51. The van der Waals surface area contributed by atoms with Crippen LogP contribution in [0.4, 0.5) is 0 Å². The number of aryl methyl sites for hydroxylation is 1. The summed E-state index contributed by atoms with van der Waals surface area (Å²) in [5.41, 5.74) is 2.11. The summed E-state index contributed by atoms with van der Waals surface area (Å²) >= 11 is 0. The Hall–Kier alpha value is -2.36. The number of pyridine rings is 1. The molecule has 3 heterocycles. The molecule has 0 saturated carbocycles. The minimum Gasteiger partial charge on any atom is -0.394 e. The van der Waals surface area contributed by atoms with Gasteiger partial charge in [0.2, 0.25) is 5.91 Å².